The first-order valence-corrected chi connectivity index (χ1v) is 8.25. The Morgan fingerprint density at radius 1 is 1.05 bits per heavy atom. The van der Waals surface area contributed by atoms with E-state index in [4.69, 9.17) is 5.73 Å². The van der Waals surface area contributed by atoms with Crippen LogP contribution in [0.3, 0.4) is 0 Å². The lowest BCUT2D eigenvalue weighted by Crippen LogP contribution is -2.27. The van der Waals surface area contributed by atoms with E-state index >= 15 is 0 Å². The average Bonchev–Trinajstić information content (AvgIpc) is 2.53. The second-order valence-electron chi connectivity index (χ2n) is 6.89. The van der Waals surface area contributed by atoms with Gasteiger partial charge in [-0.15, -0.1) is 0 Å². The van der Waals surface area contributed by atoms with Gasteiger partial charge in [0.15, 0.2) is 0 Å². The van der Waals surface area contributed by atoms with Gasteiger partial charge in [0.2, 0.25) is 0 Å². The van der Waals surface area contributed by atoms with Crippen molar-refractivity contribution in [2.24, 2.45) is 23.5 Å². The molecule has 1 aromatic heterocycles. The fourth-order valence-corrected chi connectivity index (χ4v) is 3.85. The number of aromatic nitrogens is 1. The third-order valence-electron chi connectivity index (χ3n) is 5.34. The summed E-state index contributed by atoms with van der Waals surface area (Å²) in [5.41, 5.74) is 7.90. The molecule has 0 saturated heterocycles. The zero-order chi connectivity index (χ0) is 14.8. The highest BCUT2D eigenvalue weighted by Crippen LogP contribution is 2.39. The van der Waals surface area contributed by atoms with E-state index in [1.807, 2.05) is 12.4 Å². The number of fused-ring (bicyclic) bond motifs is 1. The maximum atomic E-state index is 6.63. The molecule has 0 aliphatic heterocycles. The van der Waals surface area contributed by atoms with Crippen LogP contribution in [0.25, 0.3) is 10.8 Å². The van der Waals surface area contributed by atoms with Crippen LogP contribution >= 0.6 is 0 Å². The van der Waals surface area contributed by atoms with Gasteiger partial charge in [0, 0.05) is 23.8 Å². The van der Waals surface area contributed by atoms with Crippen LogP contribution in [0, 0.1) is 17.8 Å². The summed E-state index contributed by atoms with van der Waals surface area (Å²) in [5, 5.41) is 2.47. The molecule has 0 spiro atoms. The highest BCUT2D eigenvalue weighted by atomic mass is 14.7. The molecule has 1 aliphatic carbocycles. The van der Waals surface area contributed by atoms with Crippen LogP contribution in [0.15, 0.2) is 36.7 Å². The monoisotopic (exact) mass is 282 g/mol. The van der Waals surface area contributed by atoms with E-state index in [-0.39, 0.29) is 6.04 Å². The first-order chi connectivity index (χ1) is 10.2. The van der Waals surface area contributed by atoms with Crippen molar-refractivity contribution in [3.63, 3.8) is 0 Å². The molecule has 1 heterocycles. The van der Waals surface area contributed by atoms with Gasteiger partial charge in [-0.25, -0.2) is 0 Å². The van der Waals surface area contributed by atoms with Crippen molar-refractivity contribution >= 4 is 10.8 Å². The third-order valence-corrected chi connectivity index (χ3v) is 5.34. The summed E-state index contributed by atoms with van der Waals surface area (Å²) in [4.78, 5) is 4.28. The second kappa shape index (κ2) is 6.15. The average molecular weight is 282 g/mol. The van der Waals surface area contributed by atoms with Crippen molar-refractivity contribution in [3.05, 3.63) is 42.2 Å². The van der Waals surface area contributed by atoms with Gasteiger partial charge in [-0.1, -0.05) is 32.0 Å². The predicted molar refractivity (Wildman–Crippen MR) is 89.0 cm³/mol. The quantitative estimate of drug-likeness (QED) is 0.886. The summed E-state index contributed by atoms with van der Waals surface area (Å²) in [5.74, 6) is 2.32. The van der Waals surface area contributed by atoms with Crippen LogP contribution in [0.4, 0.5) is 0 Å². The van der Waals surface area contributed by atoms with Gasteiger partial charge in [-0.05, 0) is 60.5 Å². The van der Waals surface area contributed by atoms with E-state index < -0.39 is 0 Å². The molecule has 0 amide bonds. The lowest BCUT2D eigenvalue weighted by Gasteiger charge is -2.34. The zero-order valence-corrected chi connectivity index (χ0v) is 13.1. The minimum atomic E-state index is 0.144. The summed E-state index contributed by atoms with van der Waals surface area (Å²) in [6.07, 6.45) is 9.01. The normalized spacial score (nSPS) is 24.4. The summed E-state index contributed by atoms with van der Waals surface area (Å²) < 4.78 is 0. The molecule has 1 aromatic carbocycles. The fourth-order valence-electron chi connectivity index (χ4n) is 3.85. The number of benzene rings is 1. The molecule has 0 bridgehead atoms. The molecule has 3 rings (SSSR count). The summed E-state index contributed by atoms with van der Waals surface area (Å²) in [6, 6.07) is 8.66. The number of rotatable bonds is 3. The van der Waals surface area contributed by atoms with Crippen molar-refractivity contribution in [1.82, 2.24) is 4.98 Å². The van der Waals surface area contributed by atoms with Crippen LogP contribution in [0.2, 0.25) is 0 Å². The van der Waals surface area contributed by atoms with Crippen LogP contribution in [-0.4, -0.2) is 4.98 Å². The summed E-state index contributed by atoms with van der Waals surface area (Å²) >= 11 is 0. The standard InChI is InChI=1S/C19H26N2/c1-13(2)14-6-8-16(9-7-14)19(20)17-5-3-4-15-10-11-21-12-18(15)17/h3-5,10-14,16,19H,6-9,20H2,1-2H3. The van der Waals surface area contributed by atoms with Crippen molar-refractivity contribution < 1.29 is 0 Å². The van der Waals surface area contributed by atoms with Crippen molar-refractivity contribution in [3.8, 4) is 0 Å². The minimum Gasteiger partial charge on any atom is -0.324 e. The first kappa shape index (κ1) is 14.5. The maximum absolute atomic E-state index is 6.63. The zero-order valence-electron chi connectivity index (χ0n) is 13.1. The Kier molecular flexibility index (Phi) is 4.25. The largest absolute Gasteiger partial charge is 0.324 e. The molecular formula is C19H26N2. The topological polar surface area (TPSA) is 38.9 Å². The van der Waals surface area contributed by atoms with E-state index in [0.717, 1.165) is 11.8 Å². The van der Waals surface area contributed by atoms with Crippen LogP contribution in [-0.2, 0) is 0 Å². The van der Waals surface area contributed by atoms with Crippen LogP contribution in [0.5, 0.6) is 0 Å². The number of hydrogen-bond donors (Lipinski definition) is 1. The Balaban J connectivity index is 1.80. The number of hydrogen-bond acceptors (Lipinski definition) is 2. The van der Waals surface area contributed by atoms with Crippen LogP contribution < -0.4 is 5.73 Å². The molecule has 1 saturated carbocycles. The number of nitrogens with zero attached hydrogens (tertiary/aromatic N) is 1. The van der Waals surface area contributed by atoms with Crippen molar-refractivity contribution in [2.45, 2.75) is 45.6 Å². The number of nitrogens with two attached hydrogens (primary N) is 1. The predicted octanol–water partition coefficient (Wildman–Crippen LogP) is 4.70. The molecule has 21 heavy (non-hydrogen) atoms. The smallest absolute Gasteiger partial charge is 0.0349 e. The van der Waals surface area contributed by atoms with Gasteiger partial charge >= 0.3 is 0 Å². The van der Waals surface area contributed by atoms with E-state index in [2.05, 4.69) is 43.1 Å². The van der Waals surface area contributed by atoms with Gasteiger partial charge in [-0.2, -0.15) is 0 Å². The number of pyridine rings is 1. The van der Waals surface area contributed by atoms with E-state index in [1.54, 1.807) is 0 Å². The van der Waals surface area contributed by atoms with Gasteiger partial charge in [-0.3, -0.25) is 4.98 Å². The first-order valence-electron chi connectivity index (χ1n) is 8.25. The Morgan fingerprint density at radius 2 is 1.76 bits per heavy atom. The van der Waals surface area contributed by atoms with E-state index in [0.29, 0.717) is 5.92 Å². The Labute approximate surface area is 127 Å². The summed E-state index contributed by atoms with van der Waals surface area (Å²) in [6.45, 7) is 4.70. The fraction of sp³-hybridized carbons (Fsp3) is 0.526. The molecule has 0 radical (unpaired) electrons. The molecular weight excluding hydrogens is 256 g/mol. The molecule has 1 aliphatic rings. The highest BCUT2D eigenvalue weighted by molar-refractivity contribution is 5.85. The molecule has 1 atom stereocenters. The molecule has 2 heteroatoms. The third kappa shape index (κ3) is 2.96. The summed E-state index contributed by atoms with van der Waals surface area (Å²) in [7, 11) is 0. The lowest BCUT2D eigenvalue weighted by atomic mass is 9.73. The SMILES string of the molecule is CC(C)C1CCC(C(N)c2cccc3ccncc23)CC1. The molecule has 1 unspecified atom stereocenters. The molecule has 1 fully saturated rings. The minimum absolute atomic E-state index is 0.144. The Bertz CT molecular complexity index is 592. The maximum Gasteiger partial charge on any atom is 0.0349 e. The van der Waals surface area contributed by atoms with Gasteiger partial charge in [0.1, 0.15) is 0 Å². The van der Waals surface area contributed by atoms with Gasteiger partial charge in [0.25, 0.3) is 0 Å². The molecule has 2 N–H and O–H groups in total. The lowest BCUT2D eigenvalue weighted by molar-refractivity contribution is 0.204. The molecule has 112 valence electrons. The van der Waals surface area contributed by atoms with Crippen molar-refractivity contribution in [2.75, 3.05) is 0 Å². The van der Waals surface area contributed by atoms with E-state index in [9.17, 15) is 0 Å². The Hall–Kier alpha value is -1.41. The van der Waals surface area contributed by atoms with Gasteiger partial charge in [0.05, 0.1) is 0 Å². The van der Waals surface area contributed by atoms with Crippen LogP contribution in [0.1, 0.15) is 51.1 Å². The molecule has 2 nitrogen and oxygen atoms in total. The molecule has 2 aromatic rings. The van der Waals surface area contributed by atoms with Crippen molar-refractivity contribution in [1.29, 1.82) is 0 Å². The Morgan fingerprint density at radius 3 is 2.48 bits per heavy atom. The van der Waals surface area contributed by atoms with E-state index in [1.165, 1.54) is 42.0 Å². The highest BCUT2D eigenvalue weighted by Gasteiger charge is 2.28. The second-order valence-corrected chi connectivity index (χ2v) is 6.89. The van der Waals surface area contributed by atoms with Gasteiger partial charge < -0.3 is 5.73 Å².